The van der Waals surface area contributed by atoms with E-state index in [-0.39, 0.29) is 0 Å². The number of aromatic nitrogens is 1. The van der Waals surface area contributed by atoms with Gasteiger partial charge in [-0.25, -0.2) is 0 Å². The topological polar surface area (TPSA) is 53.7 Å². The van der Waals surface area contributed by atoms with Gasteiger partial charge in [0.05, 0.1) is 5.69 Å². The van der Waals surface area contributed by atoms with Crippen molar-refractivity contribution in [3.8, 4) is 0 Å². The maximum Gasteiger partial charge on any atom is 0.193 e. The molecule has 0 spiro atoms. The van der Waals surface area contributed by atoms with E-state index in [0.29, 0.717) is 5.92 Å². The van der Waals surface area contributed by atoms with Gasteiger partial charge in [0.2, 0.25) is 0 Å². The third-order valence-corrected chi connectivity index (χ3v) is 3.84. The number of aliphatic imine (C=N–C) groups is 1. The van der Waals surface area contributed by atoms with E-state index in [2.05, 4.69) is 29.2 Å². The molecule has 0 aromatic carbocycles. The zero-order valence-corrected chi connectivity index (χ0v) is 13.1. The van der Waals surface area contributed by atoms with Crippen LogP contribution in [0.25, 0.3) is 0 Å². The summed E-state index contributed by atoms with van der Waals surface area (Å²) >= 11 is 0. The largest absolute Gasteiger partial charge is 0.361 e. The predicted molar refractivity (Wildman–Crippen MR) is 81.2 cm³/mol. The van der Waals surface area contributed by atoms with Gasteiger partial charge in [-0.3, -0.25) is 4.99 Å². The Balaban J connectivity index is 2.05. The number of nitrogens with zero attached hydrogens (tertiary/aromatic N) is 3. The van der Waals surface area contributed by atoms with E-state index in [1.54, 1.807) is 0 Å². The van der Waals surface area contributed by atoms with Gasteiger partial charge < -0.3 is 14.7 Å². The number of hydrogen-bond donors (Lipinski definition) is 1. The molecule has 1 N–H and O–H groups in total. The van der Waals surface area contributed by atoms with Gasteiger partial charge in [-0.1, -0.05) is 12.1 Å². The summed E-state index contributed by atoms with van der Waals surface area (Å²) in [6.45, 7) is 12.2. The first kappa shape index (κ1) is 14.9. The summed E-state index contributed by atoms with van der Waals surface area (Å²) in [5, 5.41) is 7.42. The Morgan fingerprint density at radius 2 is 2.10 bits per heavy atom. The first-order valence-electron chi connectivity index (χ1n) is 7.59. The quantitative estimate of drug-likeness (QED) is 0.679. The van der Waals surface area contributed by atoms with E-state index in [1.165, 1.54) is 18.4 Å². The molecule has 1 atom stereocenters. The van der Waals surface area contributed by atoms with Gasteiger partial charge in [0, 0.05) is 37.7 Å². The van der Waals surface area contributed by atoms with Crippen LogP contribution in [0, 0.1) is 13.8 Å². The molecular weight excluding hydrogens is 252 g/mol. The van der Waals surface area contributed by atoms with Crippen molar-refractivity contribution in [1.82, 2.24) is 15.4 Å². The maximum absolute atomic E-state index is 5.25. The van der Waals surface area contributed by atoms with Crippen molar-refractivity contribution in [3.63, 3.8) is 0 Å². The highest BCUT2D eigenvalue weighted by Gasteiger charge is 2.18. The molecule has 112 valence electrons. The van der Waals surface area contributed by atoms with Crippen molar-refractivity contribution in [3.05, 3.63) is 17.0 Å². The molecule has 0 radical (unpaired) electrons. The zero-order chi connectivity index (χ0) is 14.5. The van der Waals surface area contributed by atoms with E-state index in [9.17, 15) is 0 Å². The monoisotopic (exact) mass is 278 g/mol. The fourth-order valence-electron chi connectivity index (χ4n) is 2.86. The molecule has 1 saturated heterocycles. The average Bonchev–Trinajstić information content (AvgIpc) is 3.05. The van der Waals surface area contributed by atoms with Gasteiger partial charge >= 0.3 is 0 Å². The van der Waals surface area contributed by atoms with E-state index in [4.69, 9.17) is 9.52 Å². The number of nitrogens with one attached hydrogen (secondary N) is 1. The molecule has 1 aromatic rings. The molecular formula is C15H26N4O. The van der Waals surface area contributed by atoms with Crippen LogP contribution in [-0.2, 0) is 0 Å². The molecule has 2 rings (SSSR count). The normalized spacial score (nSPS) is 17.6. The smallest absolute Gasteiger partial charge is 0.193 e. The fraction of sp³-hybridized carbons (Fsp3) is 0.733. The second-order valence-corrected chi connectivity index (χ2v) is 5.53. The van der Waals surface area contributed by atoms with Crippen LogP contribution in [0.5, 0.6) is 0 Å². The second-order valence-electron chi connectivity index (χ2n) is 5.53. The van der Waals surface area contributed by atoms with Gasteiger partial charge in [0.15, 0.2) is 5.96 Å². The summed E-state index contributed by atoms with van der Waals surface area (Å²) in [6.07, 6.45) is 2.54. The van der Waals surface area contributed by atoms with Crippen LogP contribution in [0.1, 0.15) is 49.6 Å². The summed E-state index contributed by atoms with van der Waals surface area (Å²) in [6, 6.07) is 0. The molecule has 0 aliphatic carbocycles. The maximum atomic E-state index is 5.25. The Morgan fingerprint density at radius 3 is 2.65 bits per heavy atom. The minimum absolute atomic E-state index is 0.331. The van der Waals surface area contributed by atoms with E-state index >= 15 is 0 Å². The highest BCUT2D eigenvalue weighted by atomic mass is 16.5. The molecule has 5 heteroatoms. The summed E-state index contributed by atoms with van der Waals surface area (Å²) in [7, 11) is 0. The van der Waals surface area contributed by atoms with Crippen LogP contribution in [0.3, 0.4) is 0 Å². The average molecular weight is 278 g/mol. The molecule has 20 heavy (non-hydrogen) atoms. The summed E-state index contributed by atoms with van der Waals surface area (Å²) in [5.41, 5.74) is 2.18. The lowest BCUT2D eigenvalue weighted by molar-refractivity contribution is 0.391. The second kappa shape index (κ2) is 6.77. The Bertz CT molecular complexity index is 441. The third-order valence-electron chi connectivity index (χ3n) is 3.84. The van der Waals surface area contributed by atoms with Crippen LogP contribution >= 0.6 is 0 Å². The van der Waals surface area contributed by atoms with Crippen LogP contribution < -0.4 is 5.32 Å². The van der Waals surface area contributed by atoms with Gasteiger partial charge in [-0.15, -0.1) is 0 Å². The van der Waals surface area contributed by atoms with Crippen LogP contribution in [0.15, 0.2) is 9.52 Å². The Morgan fingerprint density at radius 1 is 1.40 bits per heavy atom. The van der Waals surface area contributed by atoms with Crippen molar-refractivity contribution in [2.45, 2.75) is 46.5 Å². The lowest BCUT2D eigenvalue weighted by Gasteiger charge is -2.21. The van der Waals surface area contributed by atoms with Gasteiger partial charge in [0.25, 0.3) is 0 Å². The van der Waals surface area contributed by atoms with Crippen LogP contribution in [-0.4, -0.2) is 42.2 Å². The number of likely N-dealkylation sites (tertiary alicyclic amines) is 1. The molecule has 1 aromatic heterocycles. The molecule has 0 amide bonds. The molecule has 1 aliphatic heterocycles. The van der Waals surface area contributed by atoms with Gasteiger partial charge in [-0.05, 0) is 33.6 Å². The highest BCUT2D eigenvalue weighted by molar-refractivity contribution is 5.80. The fourth-order valence-corrected chi connectivity index (χ4v) is 2.86. The zero-order valence-electron chi connectivity index (χ0n) is 13.1. The van der Waals surface area contributed by atoms with E-state index in [0.717, 1.165) is 43.6 Å². The molecule has 1 fully saturated rings. The lowest BCUT2D eigenvalue weighted by atomic mass is 10.00. The summed E-state index contributed by atoms with van der Waals surface area (Å²) < 4.78 is 5.25. The van der Waals surface area contributed by atoms with Crippen molar-refractivity contribution in [2.24, 2.45) is 4.99 Å². The number of guanidine groups is 1. The standard InChI is InChI=1S/C15H26N4O/c1-5-16-15(19-8-6-7-9-19)17-10-11(2)14-12(3)18-20-13(14)4/h11H,5-10H2,1-4H3,(H,16,17). The predicted octanol–water partition coefficient (Wildman–Crippen LogP) is 2.46. The molecule has 0 saturated carbocycles. The lowest BCUT2D eigenvalue weighted by Crippen LogP contribution is -2.39. The van der Waals surface area contributed by atoms with Crippen LogP contribution in [0.4, 0.5) is 0 Å². The first-order valence-corrected chi connectivity index (χ1v) is 7.59. The Labute approximate surface area is 121 Å². The van der Waals surface area contributed by atoms with Crippen molar-refractivity contribution in [2.75, 3.05) is 26.2 Å². The SMILES string of the molecule is CCNC(=NCC(C)c1c(C)noc1C)N1CCCC1. The minimum Gasteiger partial charge on any atom is -0.361 e. The van der Waals surface area contributed by atoms with Crippen molar-refractivity contribution in [1.29, 1.82) is 0 Å². The molecule has 1 unspecified atom stereocenters. The number of aryl methyl sites for hydroxylation is 2. The third kappa shape index (κ3) is 3.32. The van der Waals surface area contributed by atoms with E-state index < -0.39 is 0 Å². The van der Waals surface area contributed by atoms with Gasteiger partial charge in [-0.2, -0.15) is 0 Å². The first-order chi connectivity index (χ1) is 9.63. The number of hydrogen-bond acceptors (Lipinski definition) is 3. The van der Waals surface area contributed by atoms with Crippen molar-refractivity contribution < 1.29 is 4.52 Å². The van der Waals surface area contributed by atoms with Gasteiger partial charge in [0.1, 0.15) is 5.76 Å². The molecule has 1 aliphatic rings. The molecule has 2 heterocycles. The van der Waals surface area contributed by atoms with Crippen LogP contribution in [0.2, 0.25) is 0 Å². The molecule has 5 nitrogen and oxygen atoms in total. The summed E-state index contributed by atoms with van der Waals surface area (Å²) in [4.78, 5) is 7.15. The minimum atomic E-state index is 0.331. The molecule has 0 bridgehead atoms. The number of rotatable bonds is 4. The Kier molecular flexibility index (Phi) is 5.04. The summed E-state index contributed by atoms with van der Waals surface area (Å²) in [5.74, 6) is 2.29. The highest BCUT2D eigenvalue weighted by Crippen LogP contribution is 2.23. The van der Waals surface area contributed by atoms with Crippen molar-refractivity contribution >= 4 is 5.96 Å². The van der Waals surface area contributed by atoms with E-state index in [1.807, 2.05) is 13.8 Å². The Hall–Kier alpha value is -1.52.